The third-order valence-electron chi connectivity index (χ3n) is 7.14. The maximum absolute atomic E-state index is 9.78. The van der Waals surface area contributed by atoms with Crippen molar-refractivity contribution in [1.29, 1.82) is 0 Å². The van der Waals surface area contributed by atoms with E-state index in [4.69, 9.17) is 9.47 Å². The van der Waals surface area contributed by atoms with E-state index < -0.39 is 0 Å². The number of anilines is 2. The van der Waals surface area contributed by atoms with Crippen LogP contribution in [0.2, 0.25) is 0 Å². The number of likely N-dealkylation sites (tertiary alicyclic amines) is 1. The van der Waals surface area contributed by atoms with Crippen molar-refractivity contribution in [3.05, 3.63) is 53.7 Å². The molecule has 2 N–H and O–H groups in total. The Balaban J connectivity index is 0.00000169. The molecule has 0 spiro atoms. The predicted octanol–water partition coefficient (Wildman–Crippen LogP) is 4.70. The van der Waals surface area contributed by atoms with Gasteiger partial charge in [-0.1, -0.05) is 12.1 Å². The molecule has 11 heteroatoms. The number of nitrogens with zero attached hydrogens (tertiary/aromatic N) is 4. The van der Waals surface area contributed by atoms with Crippen molar-refractivity contribution < 1.29 is 14.6 Å². The first-order valence-corrected chi connectivity index (χ1v) is 12.5. The lowest BCUT2D eigenvalue weighted by atomic mass is 10.0. The lowest BCUT2D eigenvalue weighted by molar-refractivity contribution is 0.182. The van der Waals surface area contributed by atoms with Crippen molar-refractivity contribution in [3.63, 3.8) is 0 Å². The summed E-state index contributed by atoms with van der Waals surface area (Å²) >= 11 is 0. The van der Waals surface area contributed by atoms with Crippen LogP contribution in [0.25, 0.3) is 10.8 Å². The Morgan fingerprint density at radius 2 is 1.66 bits per heavy atom. The highest BCUT2D eigenvalue weighted by molar-refractivity contribution is 5.94. The Hall–Kier alpha value is -2.07. The van der Waals surface area contributed by atoms with Crippen LogP contribution in [0, 0.1) is 0 Å². The molecule has 0 aliphatic carbocycles. The minimum absolute atomic E-state index is 0. The molecule has 2 aliphatic rings. The van der Waals surface area contributed by atoms with Crippen molar-refractivity contribution in [1.82, 2.24) is 15.1 Å². The summed E-state index contributed by atoms with van der Waals surface area (Å²) in [5, 5.41) is 24.4. The maximum Gasteiger partial charge on any atom is 0.156 e. The Morgan fingerprint density at radius 3 is 2.29 bits per heavy atom. The highest BCUT2D eigenvalue weighted by Crippen LogP contribution is 2.29. The van der Waals surface area contributed by atoms with Gasteiger partial charge in [-0.15, -0.1) is 42.3 Å². The summed E-state index contributed by atoms with van der Waals surface area (Å²) < 4.78 is 10.8. The molecule has 0 bridgehead atoms. The van der Waals surface area contributed by atoms with Gasteiger partial charge in [-0.2, -0.15) is 5.10 Å². The molecule has 0 unspecified atom stereocenters. The molecule has 3 aromatic rings. The van der Waals surface area contributed by atoms with Gasteiger partial charge in [0.1, 0.15) is 5.75 Å². The van der Waals surface area contributed by atoms with Crippen LogP contribution in [0.15, 0.2) is 42.5 Å². The maximum atomic E-state index is 9.78. The molecule has 2 saturated heterocycles. The number of hydrogen-bond donors (Lipinski definition) is 2. The summed E-state index contributed by atoms with van der Waals surface area (Å²) in [7, 11) is 3.35. The molecule has 210 valence electrons. The van der Waals surface area contributed by atoms with Crippen LogP contribution in [0.1, 0.15) is 30.5 Å². The van der Waals surface area contributed by atoms with Crippen LogP contribution < -0.4 is 15.0 Å². The van der Waals surface area contributed by atoms with Crippen LogP contribution in [-0.2, 0) is 17.9 Å². The fourth-order valence-corrected chi connectivity index (χ4v) is 5.14. The zero-order valence-corrected chi connectivity index (χ0v) is 24.3. The molecule has 1 atom stereocenters. The number of ether oxygens (including phenoxy) is 2. The van der Waals surface area contributed by atoms with Crippen molar-refractivity contribution in [3.8, 4) is 5.75 Å². The van der Waals surface area contributed by atoms with E-state index in [0.717, 1.165) is 80.0 Å². The number of methoxy groups -OCH3 is 2. The number of nitrogens with one attached hydrogen (secondary N) is 1. The number of aromatic nitrogens is 2. The van der Waals surface area contributed by atoms with E-state index in [1.54, 1.807) is 14.2 Å². The van der Waals surface area contributed by atoms with Gasteiger partial charge >= 0.3 is 0 Å². The second-order valence-corrected chi connectivity index (χ2v) is 9.59. The molecular formula is C27H38Cl3N5O3. The number of hydrogen-bond acceptors (Lipinski definition) is 8. The number of piperidine rings is 1. The van der Waals surface area contributed by atoms with Gasteiger partial charge in [0.2, 0.25) is 0 Å². The predicted molar refractivity (Wildman–Crippen MR) is 160 cm³/mol. The molecular weight excluding hydrogens is 549 g/mol. The number of aliphatic hydroxyl groups is 1. The summed E-state index contributed by atoms with van der Waals surface area (Å²) in [6, 6.07) is 15.2. The molecule has 2 aliphatic heterocycles. The minimum atomic E-state index is -0.195. The lowest BCUT2D eigenvalue weighted by Crippen LogP contribution is -2.38. The molecule has 0 radical (unpaired) electrons. The first kappa shape index (κ1) is 32.1. The van der Waals surface area contributed by atoms with Crippen LogP contribution in [0.4, 0.5) is 11.5 Å². The normalized spacial score (nSPS) is 17.9. The summed E-state index contributed by atoms with van der Waals surface area (Å²) in [4.78, 5) is 4.77. The zero-order chi connectivity index (χ0) is 24.2. The number of β-amino-alcohol motifs (C(OH)–C–C–N with tert-alkyl or cyclic N) is 1. The number of aliphatic hydroxyl groups excluding tert-OH is 1. The molecule has 8 nitrogen and oxygen atoms in total. The van der Waals surface area contributed by atoms with Crippen molar-refractivity contribution in [2.24, 2.45) is 0 Å². The van der Waals surface area contributed by atoms with Gasteiger partial charge in [0.25, 0.3) is 0 Å². The van der Waals surface area contributed by atoms with E-state index in [0.29, 0.717) is 12.6 Å². The van der Waals surface area contributed by atoms with Crippen molar-refractivity contribution in [2.45, 2.75) is 44.6 Å². The van der Waals surface area contributed by atoms with Crippen LogP contribution in [-0.4, -0.2) is 72.7 Å². The highest BCUT2D eigenvalue weighted by Gasteiger charge is 2.22. The highest BCUT2D eigenvalue weighted by atomic mass is 35.5. The third-order valence-corrected chi connectivity index (χ3v) is 7.14. The number of fused-ring (bicyclic) bond motifs is 1. The van der Waals surface area contributed by atoms with Gasteiger partial charge in [0, 0.05) is 62.3 Å². The SMILES string of the molecule is COCc1nnc(NC2CCN(Cc3ccc(N4CC[C@@H](O)C4)cc3)CC2)c2cc(OC)ccc12.Cl.Cl.Cl. The van der Waals surface area contributed by atoms with Gasteiger partial charge in [0.05, 0.1) is 25.5 Å². The monoisotopic (exact) mass is 585 g/mol. The molecule has 38 heavy (non-hydrogen) atoms. The van der Waals surface area contributed by atoms with Crippen molar-refractivity contribution in [2.75, 3.05) is 50.6 Å². The second-order valence-electron chi connectivity index (χ2n) is 9.59. The standard InChI is InChI=1S/C27H35N5O3.3ClH/c1-34-18-26-24-8-7-23(35-2)15-25(24)27(30-29-26)28-20-9-12-31(13-10-20)16-19-3-5-21(6-4-19)32-14-11-22(33)17-32;;;/h3-8,15,20,22,33H,9-14,16-18H2,1-2H3,(H,28,30);3*1H/t22-;;;/m1.../s1. The van der Waals surface area contributed by atoms with Crippen LogP contribution >= 0.6 is 37.2 Å². The molecule has 5 rings (SSSR count). The van der Waals surface area contributed by atoms with Crippen molar-refractivity contribution >= 4 is 59.5 Å². The first-order valence-electron chi connectivity index (χ1n) is 12.5. The Bertz CT molecular complexity index is 1150. The van der Waals surface area contributed by atoms with Gasteiger partial charge < -0.3 is 24.8 Å². The van der Waals surface area contributed by atoms with E-state index in [-0.39, 0.29) is 43.3 Å². The number of benzene rings is 2. The summed E-state index contributed by atoms with van der Waals surface area (Å²) in [5.41, 5.74) is 3.37. The van der Waals surface area contributed by atoms with E-state index in [9.17, 15) is 5.11 Å². The molecule has 2 aromatic carbocycles. The molecule has 1 aromatic heterocycles. The quantitative estimate of drug-likeness (QED) is 0.393. The summed E-state index contributed by atoms with van der Waals surface area (Å²) in [6.07, 6.45) is 2.77. The van der Waals surface area contributed by atoms with Gasteiger partial charge in [-0.05, 0) is 55.2 Å². The molecule has 2 fully saturated rings. The Labute approximate surface area is 243 Å². The first-order chi connectivity index (χ1) is 17.1. The molecule has 0 saturated carbocycles. The van der Waals surface area contributed by atoms with E-state index in [1.165, 1.54) is 11.3 Å². The minimum Gasteiger partial charge on any atom is -0.497 e. The zero-order valence-electron chi connectivity index (χ0n) is 21.8. The number of halogens is 3. The average molecular weight is 587 g/mol. The van der Waals surface area contributed by atoms with Crippen LogP contribution in [0.5, 0.6) is 5.75 Å². The largest absolute Gasteiger partial charge is 0.497 e. The molecule has 3 heterocycles. The Morgan fingerprint density at radius 1 is 0.921 bits per heavy atom. The van der Waals surface area contributed by atoms with Gasteiger partial charge in [-0.3, -0.25) is 4.90 Å². The Kier molecular flexibility index (Phi) is 12.6. The van der Waals surface area contributed by atoms with E-state index in [1.807, 2.05) is 18.2 Å². The van der Waals surface area contributed by atoms with E-state index >= 15 is 0 Å². The van der Waals surface area contributed by atoms with Crippen LogP contribution in [0.3, 0.4) is 0 Å². The second kappa shape index (κ2) is 14.9. The number of rotatable bonds is 8. The summed E-state index contributed by atoms with van der Waals surface area (Å²) in [6.45, 7) is 5.13. The van der Waals surface area contributed by atoms with E-state index in [2.05, 4.69) is 49.6 Å². The summed E-state index contributed by atoms with van der Waals surface area (Å²) in [5.74, 6) is 1.61. The fraction of sp³-hybridized carbons (Fsp3) is 0.481. The van der Waals surface area contributed by atoms with Gasteiger partial charge in [0.15, 0.2) is 5.82 Å². The topological polar surface area (TPSA) is 83.0 Å². The molecule has 0 amide bonds. The van der Waals surface area contributed by atoms with Gasteiger partial charge in [-0.25, -0.2) is 0 Å². The fourth-order valence-electron chi connectivity index (χ4n) is 5.14. The smallest absolute Gasteiger partial charge is 0.156 e. The lowest BCUT2D eigenvalue weighted by Gasteiger charge is -2.33. The third kappa shape index (κ3) is 7.52. The average Bonchev–Trinajstić information content (AvgIpc) is 3.33.